The van der Waals surface area contributed by atoms with Crippen molar-refractivity contribution in [1.29, 1.82) is 0 Å². The van der Waals surface area contributed by atoms with Crippen LogP contribution in [0.1, 0.15) is 5.56 Å². The molecule has 3 aliphatic heterocycles. The third-order valence-corrected chi connectivity index (χ3v) is 10.7. The number of benzene rings is 3. The van der Waals surface area contributed by atoms with Gasteiger partial charge in [-0.05, 0) is 42.0 Å². The lowest BCUT2D eigenvalue weighted by molar-refractivity contribution is -0.345. The maximum atomic E-state index is 14.4. The van der Waals surface area contributed by atoms with Crippen molar-refractivity contribution < 1.29 is 114 Å². The van der Waals surface area contributed by atoms with Gasteiger partial charge in [0.05, 0.1) is 19.8 Å². The highest BCUT2D eigenvalue weighted by Crippen LogP contribution is 2.41. The Kier molecular flexibility index (Phi) is 14.0. The lowest BCUT2D eigenvalue weighted by atomic mass is 9.98. The van der Waals surface area contributed by atoms with Gasteiger partial charge in [-0.15, -0.1) is 0 Å². The van der Waals surface area contributed by atoms with E-state index in [9.17, 15) is 81.1 Å². The molecule has 4 heterocycles. The molecule has 0 aliphatic carbocycles. The first-order valence-corrected chi connectivity index (χ1v) is 19.6. The van der Waals surface area contributed by atoms with Gasteiger partial charge in [-0.25, -0.2) is 4.79 Å². The maximum Gasteiger partial charge on any atom is 0.331 e. The molecule has 0 unspecified atom stereocenters. The summed E-state index contributed by atoms with van der Waals surface area (Å²) < 4.78 is 45.6. The van der Waals surface area contributed by atoms with E-state index in [0.29, 0.717) is 0 Å². The van der Waals surface area contributed by atoms with Crippen LogP contribution >= 0.6 is 0 Å². The summed E-state index contributed by atoms with van der Waals surface area (Å²) in [6.45, 7) is -2.38. The van der Waals surface area contributed by atoms with Crippen molar-refractivity contribution in [2.24, 2.45) is 0 Å². The zero-order chi connectivity index (χ0) is 47.0. The monoisotopic (exact) mass is 920 g/mol. The molecule has 0 spiro atoms. The lowest BCUT2D eigenvalue weighted by Crippen LogP contribution is -2.64. The predicted octanol–water partition coefficient (Wildman–Crippen LogP) is -2.93. The quantitative estimate of drug-likeness (QED) is 0.0384. The molecule has 1 aromatic heterocycles. The minimum Gasteiger partial charge on any atom is -0.507 e. The minimum absolute atomic E-state index is 0.183. The van der Waals surface area contributed by atoms with E-state index in [2.05, 4.69) is 0 Å². The molecular weight excluding hydrogens is 876 g/mol. The summed E-state index contributed by atoms with van der Waals surface area (Å²) >= 11 is 0. The summed E-state index contributed by atoms with van der Waals surface area (Å²) in [4.78, 5) is 27.4. The number of ether oxygens (including phenoxy) is 7. The number of rotatable bonds is 12. The van der Waals surface area contributed by atoms with Crippen LogP contribution < -0.4 is 14.9 Å². The van der Waals surface area contributed by atoms with Crippen LogP contribution in [-0.4, -0.2) is 183 Å². The fourth-order valence-corrected chi connectivity index (χ4v) is 7.14. The number of hydrogen-bond acceptors (Lipinski definition) is 24. The van der Waals surface area contributed by atoms with Crippen molar-refractivity contribution in [3.63, 3.8) is 0 Å². The molecule has 4 aromatic rings. The van der Waals surface area contributed by atoms with Crippen LogP contribution in [0.2, 0.25) is 0 Å². The number of phenols is 5. The van der Waals surface area contributed by atoms with Gasteiger partial charge in [0.1, 0.15) is 77.4 Å². The number of aliphatic hydroxyl groups excluding tert-OH is 9. The molecule has 352 valence electrons. The van der Waals surface area contributed by atoms with Crippen molar-refractivity contribution in [3.05, 3.63) is 70.4 Å². The summed E-state index contributed by atoms with van der Waals surface area (Å²) in [6.07, 6.45) is -23.7. The Hall–Kier alpha value is -5.84. The Balaban J connectivity index is 1.24. The van der Waals surface area contributed by atoms with Crippen LogP contribution in [0, 0.1) is 0 Å². The van der Waals surface area contributed by atoms with Crippen molar-refractivity contribution in [3.8, 4) is 51.6 Å². The molecule has 0 radical (unpaired) electrons. The maximum absolute atomic E-state index is 14.4. The van der Waals surface area contributed by atoms with Crippen LogP contribution in [0.15, 0.2) is 63.8 Å². The SMILES string of the molecule is O=C(C=Cc1ccc(O)c(O)c1)O[C@H]1[C@H](O[C@H]2[C@H](Oc3c(-c4ccc(O)c(O)c4)oc4cc(O[C@@H]5O[C@H](CO)[C@@H](O)[C@H](O)[C@H]5O)cc(O)c4c3=O)O[C@H](CO)[C@H](O)[C@@H]2O)OC[C@H](O)[C@@H]1O. The fourth-order valence-electron chi connectivity index (χ4n) is 7.14. The Morgan fingerprint density at radius 1 is 0.662 bits per heavy atom. The summed E-state index contributed by atoms with van der Waals surface area (Å²) in [6, 6.07) is 8.61. The number of carbonyl (C=O) groups excluding carboxylic acids is 1. The van der Waals surface area contributed by atoms with Gasteiger partial charge in [-0.3, -0.25) is 4.79 Å². The van der Waals surface area contributed by atoms with Gasteiger partial charge in [-0.1, -0.05) is 6.07 Å². The third-order valence-electron chi connectivity index (χ3n) is 10.7. The molecule has 0 amide bonds. The second-order valence-corrected chi connectivity index (χ2v) is 15.1. The van der Waals surface area contributed by atoms with Gasteiger partial charge >= 0.3 is 5.97 Å². The smallest absolute Gasteiger partial charge is 0.331 e. The largest absolute Gasteiger partial charge is 0.507 e. The molecule has 3 aliphatic rings. The Labute approximate surface area is 364 Å². The molecule has 0 bridgehead atoms. The van der Waals surface area contributed by atoms with E-state index in [4.69, 9.17) is 37.6 Å². The van der Waals surface area contributed by atoms with Gasteiger partial charge < -0.3 is 109 Å². The molecule has 14 atom stereocenters. The second-order valence-electron chi connectivity index (χ2n) is 15.1. The normalized spacial score (nSPS) is 31.8. The summed E-state index contributed by atoms with van der Waals surface area (Å²) in [5.74, 6) is -6.04. The van der Waals surface area contributed by atoms with Gasteiger partial charge in [0.15, 0.2) is 47.3 Å². The van der Waals surface area contributed by atoms with Crippen LogP contribution in [0.4, 0.5) is 0 Å². The van der Waals surface area contributed by atoms with Gasteiger partial charge in [0.25, 0.3) is 0 Å². The van der Waals surface area contributed by atoms with Gasteiger partial charge in [-0.2, -0.15) is 0 Å². The zero-order valence-corrected chi connectivity index (χ0v) is 33.3. The molecular formula is C41H44O24. The van der Waals surface area contributed by atoms with Crippen LogP contribution in [0.25, 0.3) is 28.4 Å². The first-order chi connectivity index (χ1) is 30.9. The molecule has 0 saturated carbocycles. The molecule has 3 fully saturated rings. The number of esters is 1. The minimum atomic E-state index is -2.10. The highest BCUT2D eigenvalue weighted by atomic mass is 16.8. The molecule has 24 heteroatoms. The highest BCUT2D eigenvalue weighted by molar-refractivity contribution is 5.89. The van der Waals surface area contributed by atoms with Gasteiger partial charge in [0, 0.05) is 23.8 Å². The summed E-state index contributed by atoms with van der Waals surface area (Å²) in [5.41, 5.74) is -1.61. The molecule has 14 N–H and O–H groups in total. The second kappa shape index (κ2) is 19.3. The number of carbonyl (C=O) groups is 1. The Morgan fingerprint density at radius 2 is 1.31 bits per heavy atom. The molecule has 7 rings (SSSR count). The van der Waals surface area contributed by atoms with Crippen molar-refractivity contribution in [2.45, 2.75) is 86.0 Å². The van der Waals surface area contributed by atoms with E-state index < -0.39 is 168 Å². The Morgan fingerprint density at radius 3 is 1.97 bits per heavy atom. The zero-order valence-electron chi connectivity index (χ0n) is 33.3. The van der Waals surface area contributed by atoms with E-state index in [1.807, 2.05) is 0 Å². The number of phenolic OH excluding ortho intramolecular Hbond substituents is 5. The number of aromatic hydroxyl groups is 5. The van der Waals surface area contributed by atoms with E-state index in [0.717, 1.165) is 48.5 Å². The number of fused-ring (bicyclic) bond motifs is 1. The first-order valence-electron chi connectivity index (χ1n) is 19.6. The standard InChI is InChI=1S/C41H44O24/c42-11-24-29(52)32(55)34(57)39(61-24)59-16-9-21(48)27-23(10-16)60-35(15-3-5-18(45)20(47)8-15)36(31(27)54)64-41-38(33(56)30(53)25(12-43)62-41)65-40-37(28(51)22(49)13-58-40)63-26(50)6-2-14-1-4-17(44)19(46)7-14/h1-10,22,24-25,28-30,32-34,37-49,51-53,55-57H,11-13H2/t22-,24+,25+,28-,29+,30-,32-,33-,34+,37+,38+,39+,40-,41-/m0/s1. The van der Waals surface area contributed by atoms with E-state index in [1.54, 1.807) is 0 Å². The van der Waals surface area contributed by atoms with Crippen molar-refractivity contribution >= 4 is 23.0 Å². The van der Waals surface area contributed by atoms with Crippen LogP contribution in [-0.2, 0) is 28.5 Å². The molecule has 65 heavy (non-hydrogen) atoms. The van der Waals surface area contributed by atoms with Crippen LogP contribution in [0.3, 0.4) is 0 Å². The first kappa shape index (κ1) is 47.1. The van der Waals surface area contributed by atoms with E-state index >= 15 is 0 Å². The molecule has 24 nitrogen and oxygen atoms in total. The fraction of sp³-hybridized carbons (Fsp3) is 0.415. The number of hydrogen-bond donors (Lipinski definition) is 14. The lowest BCUT2D eigenvalue weighted by Gasteiger charge is -2.45. The number of aliphatic hydroxyl groups is 9. The Bertz CT molecular complexity index is 2440. The highest BCUT2D eigenvalue weighted by Gasteiger charge is 2.52. The summed E-state index contributed by atoms with van der Waals surface area (Å²) in [7, 11) is 0. The molecule has 3 aromatic carbocycles. The average Bonchev–Trinajstić information content (AvgIpc) is 3.27. The van der Waals surface area contributed by atoms with E-state index in [-0.39, 0.29) is 16.9 Å². The predicted molar refractivity (Wildman–Crippen MR) is 211 cm³/mol. The topological polar surface area (TPSA) is 395 Å². The van der Waals surface area contributed by atoms with Crippen molar-refractivity contribution in [1.82, 2.24) is 0 Å². The van der Waals surface area contributed by atoms with Gasteiger partial charge in [0.2, 0.25) is 23.8 Å². The average molecular weight is 921 g/mol. The molecule has 3 saturated heterocycles. The van der Waals surface area contributed by atoms with E-state index in [1.165, 1.54) is 12.1 Å². The van der Waals surface area contributed by atoms with Crippen molar-refractivity contribution in [2.75, 3.05) is 19.8 Å². The summed E-state index contributed by atoms with van der Waals surface area (Å²) in [5, 5.41) is 145. The van der Waals surface area contributed by atoms with Crippen LogP contribution in [0.5, 0.6) is 40.2 Å². The third kappa shape index (κ3) is 9.61.